The largest absolute Gasteiger partial charge is 0.465 e. The number of esters is 1. The Labute approximate surface area is 142 Å². The SMILES string of the molecule is CCOC(=O)C1C(C)=NC(=O)N=C1SCC(=O)c1ccc(F)cc1. The van der Waals surface area contributed by atoms with Crippen LogP contribution in [0.4, 0.5) is 9.18 Å². The van der Waals surface area contributed by atoms with Crippen molar-refractivity contribution in [2.75, 3.05) is 12.4 Å². The van der Waals surface area contributed by atoms with Gasteiger partial charge in [0.1, 0.15) is 11.7 Å². The van der Waals surface area contributed by atoms with Gasteiger partial charge in [0.15, 0.2) is 5.78 Å². The predicted octanol–water partition coefficient (Wildman–Crippen LogP) is 2.91. The highest BCUT2D eigenvalue weighted by molar-refractivity contribution is 8.14. The van der Waals surface area contributed by atoms with Crippen LogP contribution in [-0.4, -0.2) is 40.9 Å². The summed E-state index contributed by atoms with van der Waals surface area (Å²) in [6.07, 6.45) is 0. The lowest BCUT2D eigenvalue weighted by molar-refractivity contribution is -0.143. The van der Waals surface area contributed by atoms with Crippen LogP contribution < -0.4 is 0 Å². The zero-order chi connectivity index (χ0) is 17.7. The summed E-state index contributed by atoms with van der Waals surface area (Å²) in [4.78, 5) is 43.1. The smallest absolute Gasteiger partial charge is 0.367 e. The molecule has 126 valence electrons. The number of hydrogen-bond donors (Lipinski definition) is 0. The van der Waals surface area contributed by atoms with Crippen molar-refractivity contribution in [1.29, 1.82) is 0 Å². The van der Waals surface area contributed by atoms with Gasteiger partial charge in [0.25, 0.3) is 0 Å². The molecule has 0 saturated heterocycles. The molecule has 1 aliphatic heterocycles. The normalized spacial score (nSPS) is 17.1. The Balaban J connectivity index is 2.10. The van der Waals surface area contributed by atoms with E-state index in [-0.39, 0.29) is 28.9 Å². The van der Waals surface area contributed by atoms with Crippen molar-refractivity contribution in [3.63, 3.8) is 0 Å². The number of urea groups is 1. The number of benzene rings is 1. The molecule has 1 aromatic carbocycles. The van der Waals surface area contributed by atoms with Crippen molar-refractivity contribution in [2.24, 2.45) is 15.9 Å². The molecular weight excluding hydrogens is 335 g/mol. The molecule has 6 nitrogen and oxygen atoms in total. The number of halogens is 1. The van der Waals surface area contributed by atoms with E-state index in [0.717, 1.165) is 11.8 Å². The van der Waals surface area contributed by atoms with E-state index in [9.17, 15) is 18.8 Å². The molecular formula is C16H15FN2O4S. The zero-order valence-corrected chi connectivity index (χ0v) is 13.9. The third-order valence-corrected chi connectivity index (χ3v) is 4.21. The Bertz CT molecular complexity index is 728. The van der Waals surface area contributed by atoms with Crippen LogP contribution in [0.3, 0.4) is 0 Å². The minimum atomic E-state index is -0.881. The Morgan fingerprint density at radius 1 is 1.25 bits per heavy atom. The fraction of sp³-hybridized carbons (Fsp3) is 0.312. The molecule has 1 aliphatic rings. The quantitative estimate of drug-likeness (QED) is 0.602. The summed E-state index contributed by atoms with van der Waals surface area (Å²) in [7, 11) is 0. The number of ether oxygens (including phenoxy) is 1. The number of carbonyl (C=O) groups is 3. The van der Waals surface area contributed by atoms with Gasteiger partial charge in [0, 0.05) is 11.3 Å². The van der Waals surface area contributed by atoms with Crippen LogP contribution in [0, 0.1) is 11.7 Å². The molecule has 0 saturated carbocycles. The lowest BCUT2D eigenvalue weighted by Crippen LogP contribution is -2.34. The standard InChI is InChI=1S/C16H15FN2O4S/c1-3-23-15(21)13-9(2)18-16(22)19-14(13)24-8-12(20)10-4-6-11(17)7-5-10/h4-7,13H,3,8H2,1-2H3. The monoisotopic (exact) mass is 350 g/mol. The van der Waals surface area contributed by atoms with Crippen molar-refractivity contribution >= 4 is 40.3 Å². The van der Waals surface area contributed by atoms with E-state index in [1.165, 1.54) is 31.2 Å². The van der Waals surface area contributed by atoms with Gasteiger partial charge in [-0.25, -0.2) is 9.18 Å². The molecule has 24 heavy (non-hydrogen) atoms. The highest BCUT2D eigenvalue weighted by atomic mass is 32.2. The molecule has 2 rings (SSSR count). The van der Waals surface area contributed by atoms with E-state index in [4.69, 9.17) is 4.74 Å². The van der Waals surface area contributed by atoms with Crippen LogP contribution in [-0.2, 0) is 9.53 Å². The maximum Gasteiger partial charge on any atom is 0.367 e. The molecule has 0 N–H and O–H groups in total. The Morgan fingerprint density at radius 2 is 1.92 bits per heavy atom. The summed E-state index contributed by atoms with van der Waals surface area (Å²) in [5, 5.41) is 0.182. The van der Waals surface area contributed by atoms with Crippen LogP contribution in [0.5, 0.6) is 0 Å². The number of ketones is 1. The maximum atomic E-state index is 12.9. The molecule has 0 bridgehead atoms. The fourth-order valence-electron chi connectivity index (χ4n) is 2.05. The van der Waals surface area contributed by atoms with E-state index < -0.39 is 23.7 Å². The molecule has 1 atom stereocenters. The molecule has 1 unspecified atom stereocenters. The Hall–Kier alpha value is -2.35. The Kier molecular flexibility index (Phi) is 5.97. The zero-order valence-electron chi connectivity index (χ0n) is 13.1. The van der Waals surface area contributed by atoms with Crippen molar-refractivity contribution in [3.05, 3.63) is 35.6 Å². The van der Waals surface area contributed by atoms with Gasteiger partial charge < -0.3 is 4.74 Å². The molecule has 0 aliphatic carbocycles. The van der Waals surface area contributed by atoms with Crippen molar-refractivity contribution in [1.82, 2.24) is 0 Å². The van der Waals surface area contributed by atoms with Gasteiger partial charge in [-0.15, -0.1) is 11.8 Å². The molecule has 2 amide bonds. The Morgan fingerprint density at radius 3 is 2.54 bits per heavy atom. The third kappa shape index (κ3) is 4.35. The van der Waals surface area contributed by atoms with Gasteiger partial charge in [-0.2, -0.15) is 9.98 Å². The van der Waals surface area contributed by atoms with E-state index in [1.54, 1.807) is 6.92 Å². The van der Waals surface area contributed by atoms with Gasteiger partial charge in [0.05, 0.1) is 17.4 Å². The lowest BCUT2D eigenvalue weighted by Gasteiger charge is -2.19. The van der Waals surface area contributed by atoms with Gasteiger partial charge in [-0.05, 0) is 38.1 Å². The van der Waals surface area contributed by atoms with Crippen LogP contribution in [0.2, 0.25) is 0 Å². The average Bonchev–Trinajstić information content (AvgIpc) is 2.52. The summed E-state index contributed by atoms with van der Waals surface area (Å²) in [6, 6.07) is 4.42. The molecule has 0 spiro atoms. The topological polar surface area (TPSA) is 85.2 Å². The second-order valence-corrected chi connectivity index (χ2v) is 5.89. The average molecular weight is 350 g/mol. The first-order valence-electron chi connectivity index (χ1n) is 7.18. The number of hydrogen-bond acceptors (Lipinski definition) is 5. The van der Waals surface area contributed by atoms with E-state index in [2.05, 4.69) is 9.98 Å². The molecule has 0 fully saturated rings. The first kappa shape index (κ1) is 18.0. The van der Waals surface area contributed by atoms with Gasteiger partial charge in [-0.1, -0.05) is 0 Å². The summed E-state index contributed by atoms with van der Waals surface area (Å²) < 4.78 is 17.9. The second kappa shape index (κ2) is 7.96. The minimum Gasteiger partial charge on any atom is -0.465 e. The molecule has 1 aromatic rings. The summed E-state index contributed by atoms with van der Waals surface area (Å²) in [5.74, 6) is -2.19. The van der Waals surface area contributed by atoms with Crippen molar-refractivity contribution in [2.45, 2.75) is 13.8 Å². The molecule has 8 heteroatoms. The second-order valence-electron chi connectivity index (χ2n) is 4.89. The number of nitrogens with zero attached hydrogens (tertiary/aromatic N) is 2. The van der Waals surface area contributed by atoms with Crippen LogP contribution >= 0.6 is 11.8 Å². The number of rotatable bonds is 5. The predicted molar refractivity (Wildman–Crippen MR) is 89.3 cm³/mol. The van der Waals surface area contributed by atoms with Crippen LogP contribution in [0.15, 0.2) is 34.3 Å². The van der Waals surface area contributed by atoms with E-state index in [1.807, 2.05) is 0 Å². The lowest BCUT2D eigenvalue weighted by atomic mass is 10.1. The number of carbonyl (C=O) groups excluding carboxylic acids is 3. The third-order valence-electron chi connectivity index (χ3n) is 3.18. The summed E-state index contributed by atoms with van der Waals surface area (Å²) >= 11 is 0.979. The first-order chi connectivity index (χ1) is 11.4. The molecule has 1 heterocycles. The highest BCUT2D eigenvalue weighted by Gasteiger charge is 2.33. The van der Waals surface area contributed by atoms with Crippen LogP contribution in [0.1, 0.15) is 24.2 Å². The van der Waals surface area contributed by atoms with Crippen LogP contribution in [0.25, 0.3) is 0 Å². The minimum absolute atomic E-state index is 0.0407. The van der Waals surface area contributed by atoms with E-state index in [0.29, 0.717) is 5.56 Å². The van der Waals surface area contributed by atoms with Gasteiger partial charge in [-0.3, -0.25) is 9.59 Å². The summed E-state index contributed by atoms with van der Waals surface area (Å²) in [5.41, 5.74) is 0.620. The van der Waals surface area contributed by atoms with Gasteiger partial charge in [0.2, 0.25) is 0 Å². The number of aliphatic imine (C=N–C) groups is 2. The maximum absolute atomic E-state index is 12.9. The molecule has 0 aromatic heterocycles. The van der Waals surface area contributed by atoms with Gasteiger partial charge >= 0.3 is 12.0 Å². The number of amides is 2. The highest BCUT2D eigenvalue weighted by Crippen LogP contribution is 2.22. The number of Topliss-reactive ketones (excluding diaryl/α,β-unsaturated/α-hetero) is 1. The van der Waals surface area contributed by atoms with Crippen molar-refractivity contribution in [3.8, 4) is 0 Å². The van der Waals surface area contributed by atoms with Crippen molar-refractivity contribution < 1.29 is 23.5 Å². The fourth-order valence-corrected chi connectivity index (χ4v) is 3.07. The number of thioether (sulfide) groups is 1. The summed E-state index contributed by atoms with van der Waals surface area (Å²) in [6.45, 7) is 3.39. The first-order valence-corrected chi connectivity index (χ1v) is 8.17. The molecule has 0 radical (unpaired) electrons. The van der Waals surface area contributed by atoms with E-state index >= 15 is 0 Å².